The molecule has 1 atom stereocenters. The molecule has 0 aromatic heterocycles. The van der Waals surface area contributed by atoms with Gasteiger partial charge in [-0.05, 0) is 49.8 Å². The van der Waals surface area contributed by atoms with Crippen molar-refractivity contribution in [3.63, 3.8) is 0 Å². The fourth-order valence-electron chi connectivity index (χ4n) is 2.56. The van der Waals surface area contributed by atoms with E-state index in [1.807, 2.05) is 19.1 Å². The van der Waals surface area contributed by atoms with Crippen LogP contribution < -0.4 is 11.3 Å². The molecule has 2 rings (SSSR count). The summed E-state index contributed by atoms with van der Waals surface area (Å²) < 4.78 is 0. The Morgan fingerprint density at radius 2 is 2.14 bits per heavy atom. The Balaban J connectivity index is 2.13. The smallest absolute Gasteiger partial charge is 0.0802 e. The molecule has 21 heavy (non-hydrogen) atoms. The van der Waals surface area contributed by atoms with E-state index in [9.17, 15) is 0 Å². The van der Waals surface area contributed by atoms with Crippen LogP contribution in [0.15, 0.2) is 63.8 Å². The van der Waals surface area contributed by atoms with Gasteiger partial charge in [-0.1, -0.05) is 42.5 Å². The van der Waals surface area contributed by atoms with Crippen LogP contribution in [0.2, 0.25) is 0 Å². The number of hydrazine groups is 1. The van der Waals surface area contributed by atoms with Crippen LogP contribution in [0.1, 0.15) is 32.6 Å². The van der Waals surface area contributed by atoms with Gasteiger partial charge in [0.15, 0.2) is 0 Å². The van der Waals surface area contributed by atoms with Crippen molar-refractivity contribution in [1.82, 2.24) is 5.43 Å². The normalized spacial score (nSPS) is 20.5. The molecule has 4 heteroatoms. The first-order chi connectivity index (χ1) is 10.1. The highest BCUT2D eigenvalue weighted by molar-refractivity contribution is 6.29. The highest BCUT2D eigenvalue weighted by Crippen LogP contribution is 2.26. The van der Waals surface area contributed by atoms with Crippen molar-refractivity contribution < 1.29 is 0 Å². The number of allylic oxidation sites excluding steroid dienone is 7. The van der Waals surface area contributed by atoms with Gasteiger partial charge in [0.1, 0.15) is 0 Å². The van der Waals surface area contributed by atoms with E-state index < -0.39 is 0 Å². The van der Waals surface area contributed by atoms with Crippen molar-refractivity contribution in [2.45, 2.75) is 38.6 Å². The average Bonchev–Trinajstić information content (AvgIpc) is 2.49. The van der Waals surface area contributed by atoms with Gasteiger partial charge in [-0.2, -0.15) is 0 Å². The Kier molecular flexibility index (Phi) is 5.74. The summed E-state index contributed by atoms with van der Waals surface area (Å²) in [6, 6.07) is -0.0324. The molecule has 0 saturated carbocycles. The number of nitrogens with one attached hydrogen (secondary N) is 1. The molecule has 0 unspecified atom stereocenters. The summed E-state index contributed by atoms with van der Waals surface area (Å²) in [7, 11) is 0. The molecule has 0 aliphatic heterocycles. The van der Waals surface area contributed by atoms with Gasteiger partial charge in [0, 0.05) is 10.7 Å². The monoisotopic (exact) mass is 303 g/mol. The lowest BCUT2D eigenvalue weighted by Crippen LogP contribution is -2.42. The van der Waals surface area contributed by atoms with E-state index in [0.29, 0.717) is 0 Å². The fraction of sp³-hybridized carbons (Fsp3) is 0.353. The lowest BCUT2D eigenvalue weighted by Gasteiger charge is -2.21. The van der Waals surface area contributed by atoms with Crippen molar-refractivity contribution in [3.05, 3.63) is 58.8 Å². The summed E-state index contributed by atoms with van der Waals surface area (Å²) in [5, 5.41) is 0.882. The van der Waals surface area contributed by atoms with Crippen molar-refractivity contribution in [2.75, 3.05) is 0 Å². The van der Waals surface area contributed by atoms with Crippen molar-refractivity contribution in [1.29, 1.82) is 0 Å². The predicted molar refractivity (Wildman–Crippen MR) is 91.1 cm³/mol. The largest absolute Gasteiger partial charge is 0.271 e. The maximum Gasteiger partial charge on any atom is 0.0802 e. The molecule has 3 N–H and O–H groups in total. The Bertz CT molecular complexity index is 565. The highest BCUT2D eigenvalue weighted by atomic mass is 35.5. The first-order valence-corrected chi connectivity index (χ1v) is 7.61. The molecular weight excluding hydrogens is 282 g/mol. The molecule has 2 aliphatic carbocycles. The Hall–Kier alpha value is -1.42. The standard InChI is InChI=1S/C17H22ClN3/c1-12(14-8-10-16(18)11-9-14)20-13(2)17(21-19)15-6-4-3-5-7-15/h3-4,6,8,10,17,21H,1,5,7,9,11,19H2,2H3/b20-13-/t17-/m1/s1. The second-order valence-electron chi connectivity index (χ2n) is 5.31. The first kappa shape index (κ1) is 16.0. The van der Waals surface area contributed by atoms with Gasteiger partial charge >= 0.3 is 0 Å². The third-order valence-corrected chi connectivity index (χ3v) is 4.10. The first-order valence-electron chi connectivity index (χ1n) is 7.23. The number of rotatable bonds is 5. The zero-order valence-corrected chi connectivity index (χ0v) is 13.2. The molecule has 3 nitrogen and oxygen atoms in total. The van der Waals surface area contributed by atoms with E-state index >= 15 is 0 Å². The van der Waals surface area contributed by atoms with Crippen molar-refractivity contribution in [3.8, 4) is 0 Å². The van der Waals surface area contributed by atoms with Gasteiger partial charge < -0.3 is 0 Å². The SMILES string of the molecule is C=C(/N=C(/C)[C@@H](NN)C1=CC=CCC1)C1=CC=C(Cl)CC1. The van der Waals surface area contributed by atoms with Gasteiger partial charge in [0.2, 0.25) is 0 Å². The number of halogens is 1. The molecule has 0 bridgehead atoms. The zero-order chi connectivity index (χ0) is 15.2. The topological polar surface area (TPSA) is 50.4 Å². The van der Waals surface area contributed by atoms with E-state index in [0.717, 1.165) is 47.7 Å². The molecular formula is C17H22ClN3. The van der Waals surface area contributed by atoms with Crippen LogP contribution >= 0.6 is 11.6 Å². The second kappa shape index (κ2) is 7.55. The van der Waals surface area contributed by atoms with Crippen LogP contribution in [-0.2, 0) is 0 Å². The van der Waals surface area contributed by atoms with Gasteiger partial charge in [0.25, 0.3) is 0 Å². The van der Waals surface area contributed by atoms with Crippen LogP contribution in [0.3, 0.4) is 0 Å². The number of hydrogen-bond donors (Lipinski definition) is 2. The Morgan fingerprint density at radius 3 is 2.71 bits per heavy atom. The van der Waals surface area contributed by atoms with E-state index in [2.05, 4.69) is 35.2 Å². The Morgan fingerprint density at radius 1 is 1.33 bits per heavy atom. The molecule has 0 radical (unpaired) electrons. The van der Waals surface area contributed by atoms with E-state index in [1.54, 1.807) is 0 Å². The predicted octanol–water partition coefficient (Wildman–Crippen LogP) is 3.91. The summed E-state index contributed by atoms with van der Waals surface area (Å²) in [6.07, 6.45) is 14.1. The lowest BCUT2D eigenvalue weighted by atomic mass is 9.95. The molecule has 2 aliphatic rings. The summed E-state index contributed by atoms with van der Waals surface area (Å²) in [4.78, 5) is 4.65. The minimum absolute atomic E-state index is 0.0324. The van der Waals surface area contributed by atoms with Crippen LogP contribution in [-0.4, -0.2) is 11.8 Å². The zero-order valence-electron chi connectivity index (χ0n) is 12.4. The minimum atomic E-state index is -0.0324. The van der Waals surface area contributed by atoms with Crippen LogP contribution in [0.5, 0.6) is 0 Å². The summed E-state index contributed by atoms with van der Waals surface area (Å²) >= 11 is 5.98. The number of nitrogens with two attached hydrogens (primary N) is 1. The molecule has 112 valence electrons. The molecule has 0 aromatic carbocycles. The molecule has 0 heterocycles. The number of nitrogens with zero attached hydrogens (tertiary/aromatic N) is 1. The van der Waals surface area contributed by atoms with Gasteiger partial charge in [-0.3, -0.25) is 10.8 Å². The Labute approximate surface area is 131 Å². The number of hydrogen-bond acceptors (Lipinski definition) is 3. The van der Waals surface area contributed by atoms with Crippen LogP contribution in [0.25, 0.3) is 0 Å². The van der Waals surface area contributed by atoms with Crippen LogP contribution in [0, 0.1) is 0 Å². The van der Waals surface area contributed by atoms with Crippen molar-refractivity contribution in [2.24, 2.45) is 10.8 Å². The average molecular weight is 304 g/mol. The summed E-state index contributed by atoms with van der Waals surface area (Å²) in [5.74, 6) is 5.71. The van der Waals surface area contributed by atoms with Gasteiger partial charge in [-0.15, -0.1) is 0 Å². The molecule has 0 aromatic rings. The summed E-state index contributed by atoms with van der Waals surface area (Å²) in [5.41, 5.74) is 6.98. The maximum atomic E-state index is 5.98. The highest BCUT2D eigenvalue weighted by Gasteiger charge is 2.17. The maximum absolute atomic E-state index is 5.98. The third-order valence-electron chi connectivity index (χ3n) is 3.78. The van der Waals surface area contributed by atoms with E-state index in [1.165, 1.54) is 5.57 Å². The van der Waals surface area contributed by atoms with Gasteiger partial charge in [0.05, 0.1) is 11.7 Å². The molecule has 0 spiro atoms. The quantitative estimate of drug-likeness (QED) is 0.459. The molecule has 0 saturated heterocycles. The van der Waals surface area contributed by atoms with Crippen LogP contribution in [0.4, 0.5) is 0 Å². The second-order valence-corrected chi connectivity index (χ2v) is 5.80. The molecule has 0 fully saturated rings. The number of aliphatic imine (C=N–C) groups is 1. The van der Waals surface area contributed by atoms with E-state index in [4.69, 9.17) is 17.4 Å². The third kappa shape index (κ3) is 4.27. The minimum Gasteiger partial charge on any atom is -0.271 e. The van der Waals surface area contributed by atoms with E-state index in [-0.39, 0.29) is 6.04 Å². The van der Waals surface area contributed by atoms with Gasteiger partial charge in [-0.25, -0.2) is 5.43 Å². The lowest BCUT2D eigenvalue weighted by molar-refractivity contribution is 0.683. The summed E-state index contributed by atoms with van der Waals surface area (Å²) in [6.45, 7) is 6.06. The van der Waals surface area contributed by atoms with Crippen molar-refractivity contribution >= 4 is 17.3 Å². The molecule has 0 amide bonds. The fourth-order valence-corrected chi connectivity index (χ4v) is 2.72.